The van der Waals surface area contributed by atoms with Crippen molar-refractivity contribution in [2.24, 2.45) is 0 Å². The van der Waals surface area contributed by atoms with Crippen LogP contribution in [0, 0.1) is 27.7 Å². The van der Waals surface area contributed by atoms with E-state index in [-0.39, 0.29) is 24.7 Å². The summed E-state index contributed by atoms with van der Waals surface area (Å²) < 4.78 is 34.4. The van der Waals surface area contributed by atoms with Crippen LogP contribution in [-0.2, 0) is 15.4 Å². The van der Waals surface area contributed by atoms with Crippen LogP contribution in [0.1, 0.15) is 61.9 Å². The molecule has 0 aliphatic heterocycles. The molecule has 4 rings (SSSR count). The molecular weight excluding hydrogens is 510 g/mol. The Morgan fingerprint density at radius 3 is 2.18 bits per heavy atom. The molecule has 1 amide bonds. The minimum absolute atomic E-state index is 0. The molecule has 0 atom stereocenters. The van der Waals surface area contributed by atoms with Gasteiger partial charge in [-0.2, -0.15) is 8.42 Å². The Bertz CT molecular complexity index is 1660. The first-order chi connectivity index (χ1) is 18.3. The Hall–Kier alpha value is -4.04. The van der Waals surface area contributed by atoms with Crippen LogP contribution >= 0.6 is 0 Å². The van der Waals surface area contributed by atoms with E-state index >= 15 is 0 Å². The summed E-state index contributed by atoms with van der Waals surface area (Å²) >= 11 is 0. The van der Waals surface area contributed by atoms with Crippen LogP contribution in [0.2, 0.25) is 0 Å². The molecule has 4 aromatic rings. The summed E-state index contributed by atoms with van der Waals surface area (Å²) in [5.41, 5.74) is 5.76. The minimum atomic E-state index is -4.22. The fraction of sp³-hybridized carbons (Fsp3) is 0.258. The van der Waals surface area contributed by atoms with Crippen LogP contribution in [0.5, 0.6) is 11.6 Å². The van der Waals surface area contributed by atoms with Gasteiger partial charge in [0.05, 0.1) is 5.69 Å². The molecule has 7 nitrogen and oxygen atoms in total. The number of sulfonamides is 1. The van der Waals surface area contributed by atoms with Crippen molar-refractivity contribution in [2.45, 2.75) is 58.9 Å². The van der Waals surface area contributed by atoms with Gasteiger partial charge in [0.25, 0.3) is 15.9 Å². The van der Waals surface area contributed by atoms with Gasteiger partial charge in [0.1, 0.15) is 11.3 Å². The predicted molar refractivity (Wildman–Crippen MR) is 157 cm³/mol. The Morgan fingerprint density at radius 2 is 1.54 bits per heavy atom. The number of aromatic nitrogens is 2. The number of pyridine rings is 2. The highest BCUT2D eigenvalue weighted by molar-refractivity contribution is 7.90. The molecule has 0 radical (unpaired) electrons. The molecule has 0 unspecified atom stereocenters. The number of nitrogens with one attached hydrogen (secondary N) is 1. The van der Waals surface area contributed by atoms with E-state index in [9.17, 15) is 13.2 Å². The first-order valence-corrected chi connectivity index (χ1v) is 14.1. The van der Waals surface area contributed by atoms with Gasteiger partial charge in [0.15, 0.2) is 5.03 Å². The third-order valence-electron chi connectivity index (χ3n) is 6.28. The van der Waals surface area contributed by atoms with Crippen LogP contribution in [0.3, 0.4) is 0 Å². The average Bonchev–Trinajstić information content (AvgIpc) is 2.85. The van der Waals surface area contributed by atoms with Gasteiger partial charge in [-0.05, 0) is 74.1 Å². The maximum Gasteiger partial charge on any atom is 0.281 e. The molecule has 0 saturated carbocycles. The SMILES string of the molecule is Cc1cc(C)c(Oc2nc(-c3ccccc3C(C)(C)C)ccc2C(=O)NS(=O)(=O)c2cccc(C)n2)c(C)c1.[HH].[HH]. The number of hydrogen-bond acceptors (Lipinski definition) is 6. The van der Waals surface area contributed by atoms with Crippen molar-refractivity contribution in [3.05, 3.63) is 100 Å². The molecule has 1 N–H and O–H groups in total. The van der Waals surface area contributed by atoms with Crippen molar-refractivity contribution in [3.8, 4) is 22.9 Å². The van der Waals surface area contributed by atoms with Crippen LogP contribution in [0.25, 0.3) is 11.3 Å². The van der Waals surface area contributed by atoms with E-state index in [2.05, 4.69) is 30.5 Å². The van der Waals surface area contributed by atoms with Gasteiger partial charge in [0, 0.05) is 14.1 Å². The number of rotatable bonds is 6. The summed E-state index contributed by atoms with van der Waals surface area (Å²) in [6, 6.07) is 19.7. The molecule has 8 heteroatoms. The van der Waals surface area contributed by atoms with Crippen molar-refractivity contribution in [2.75, 3.05) is 0 Å². The lowest BCUT2D eigenvalue weighted by Crippen LogP contribution is -2.31. The van der Waals surface area contributed by atoms with Gasteiger partial charge < -0.3 is 4.74 Å². The molecule has 206 valence electrons. The van der Waals surface area contributed by atoms with Gasteiger partial charge in [-0.25, -0.2) is 14.7 Å². The summed E-state index contributed by atoms with van der Waals surface area (Å²) in [6.45, 7) is 13.9. The second-order valence-electron chi connectivity index (χ2n) is 10.7. The Labute approximate surface area is 233 Å². The van der Waals surface area contributed by atoms with Gasteiger partial charge in [-0.1, -0.05) is 68.8 Å². The molecule has 2 aromatic carbocycles. The third-order valence-corrected chi connectivity index (χ3v) is 7.52. The highest BCUT2D eigenvalue weighted by Gasteiger charge is 2.26. The molecular formula is C31H37N3O4S. The fourth-order valence-corrected chi connectivity index (χ4v) is 5.50. The highest BCUT2D eigenvalue weighted by Crippen LogP contribution is 2.36. The van der Waals surface area contributed by atoms with Gasteiger partial charge >= 0.3 is 0 Å². The Balaban J connectivity index is 0.00000294. The predicted octanol–water partition coefficient (Wildman–Crippen LogP) is 7.08. The lowest BCUT2D eigenvalue weighted by atomic mass is 9.83. The number of nitrogens with zero attached hydrogens (tertiary/aromatic N) is 2. The first kappa shape index (κ1) is 28.0. The van der Waals surface area contributed by atoms with Gasteiger partial charge in [-0.15, -0.1) is 0 Å². The van der Waals surface area contributed by atoms with Gasteiger partial charge in [-0.3, -0.25) is 4.79 Å². The second-order valence-corrected chi connectivity index (χ2v) is 12.4. The maximum atomic E-state index is 13.4. The van der Waals surface area contributed by atoms with E-state index in [4.69, 9.17) is 9.72 Å². The Kier molecular flexibility index (Phi) is 7.61. The van der Waals surface area contributed by atoms with Crippen molar-refractivity contribution in [1.29, 1.82) is 0 Å². The number of aryl methyl sites for hydroxylation is 4. The third kappa shape index (κ3) is 6.17. The van der Waals surface area contributed by atoms with E-state index in [1.165, 1.54) is 6.07 Å². The number of ether oxygens (including phenoxy) is 1. The summed E-state index contributed by atoms with van der Waals surface area (Å²) in [5, 5.41) is -0.243. The first-order valence-electron chi connectivity index (χ1n) is 12.6. The van der Waals surface area contributed by atoms with E-state index in [1.807, 2.05) is 57.2 Å². The topological polar surface area (TPSA) is 98.2 Å². The van der Waals surface area contributed by atoms with Crippen LogP contribution in [0.15, 0.2) is 71.8 Å². The van der Waals surface area contributed by atoms with E-state index in [1.54, 1.807) is 31.2 Å². The largest absolute Gasteiger partial charge is 0.438 e. The number of carbonyl (C=O) groups is 1. The molecule has 0 aliphatic rings. The number of hydrogen-bond donors (Lipinski definition) is 1. The monoisotopic (exact) mass is 547 g/mol. The number of benzene rings is 2. The van der Waals surface area contributed by atoms with Crippen LogP contribution < -0.4 is 9.46 Å². The van der Waals surface area contributed by atoms with Crippen molar-refractivity contribution in [1.82, 2.24) is 14.7 Å². The number of amides is 1. The van der Waals surface area contributed by atoms with Crippen molar-refractivity contribution >= 4 is 15.9 Å². The molecule has 2 aromatic heterocycles. The summed E-state index contributed by atoms with van der Waals surface area (Å²) in [6.07, 6.45) is 0. The lowest BCUT2D eigenvalue weighted by molar-refractivity contribution is 0.0978. The molecule has 0 aliphatic carbocycles. The van der Waals surface area contributed by atoms with E-state index in [0.29, 0.717) is 17.1 Å². The normalized spacial score (nSPS) is 11.8. The molecule has 39 heavy (non-hydrogen) atoms. The maximum absolute atomic E-state index is 13.4. The van der Waals surface area contributed by atoms with Gasteiger partial charge in [0.2, 0.25) is 5.88 Å². The van der Waals surface area contributed by atoms with E-state index < -0.39 is 15.9 Å². The minimum Gasteiger partial charge on any atom is -0.438 e. The molecule has 0 bridgehead atoms. The smallest absolute Gasteiger partial charge is 0.281 e. The standard InChI is InChI=1S/C31H33N3O4S.2H2/c1-19-17-20(2)28(21(3)18-19)38-30-24(29(35)34-39(36,37)27-14-10-11-22(4)32-27)15-16-26(33-30)23-12-8-9-13-25(23)31(5,6)7;;/h8-18H,1-7H3,(H,34,35);2*1H. The second kappa shape index (κ2) is 10.6. The zero-order chi connectivity index (χ0) is 28.5. The molecule has 2 heterocycles. The molecule has 0 spiro atoms. The average molecular weight is 548 g/mol. The zero-order valence-electron chi connectivity index (χ0n) is 23.3. The van der Waals surface area contributed by atoms with Crippen molar-refractivity contribution in [3.63, 3.8) is 0 Å². The van der Waals surface area contributed by atoms with Crippen LogP contribution in [0.4, 0.5) is 0 Å². The molecule has 0 fully saturated rings. The Morgan fingerprint density at radius 1 is 0.872 bits per heavy atom. The summed E-state index contributed by atoms with van der Waals surface area (Å²) in [4.78, 5) is 22.2. The number of carbonyl (C=O) groups excluding carboxylic acids is 1. The summed E-state index contributed by atoms with van der Waals surface area (Å²) in [5.74, 6) is -0.290. The van der Waals surface area contributed by atoms with Crippen molar-refractivity contribution < 1.29 is 20.8 Å². The molecule has 0 saturated heterocycles. The van der Waals surface area contributed by atoms with Crippen LogP contribution in [-0.4, -0.2) is 24.3 Å². The summed E-state index contributed by atoms with van der Waals surface area (Å²) in [7, 11) is -4.22. The lowest BCUT2D eigenvalue weighted by Gasteiger charge is -2.23. The highest BCUT2D eigenvalue weighted by atomic mass is 32.2. The zero-order valence-corrected chi connectivity index (χ0v) is 24.1. The fourth-order valence-electron chi connectivity index (χ4n) is 4.52. The quantitative estimate of drug-likeness (QED) is 0.277. The van der Waals surface area contributed by atoms with E-state index in [0.717, 1.165) is 27.8 Å².